The molecule has 0 spiro atoms. The van der Waals surface area contributed by atoms with Crippen molar-refractivity contribution in [1.82, 2.24) is 20.9 Å². The van der Waals surface area contributed by atoms with E-state index in [-0.39, 0.29) is 31.5 Å². The Morgan fingerprint density at radius 1 is 1.14 bits per heavy atom. The van der Waals surface area contributed by atoms with Crippen LogP contribution in [0.25, 0.3) is 0 Å². The number of amides is 2. The highest BCUT2D eigenvalue weighted by molar-refractivity contribution is 5.87. The SMILES string of the molecule is Cl.NN=Cc1ccc(CNC(CO)C(=O)NCC(=O)NCc2cccnc2)cc1. The van der Waals surface area contributed by atoms with Crippen LogP contribution in [-0.2, 0) is 22.7 Å². The number of carbonyl (C=O) groups is 2. The van der Waals surface area contributed by atoms with Crippen LogP contribution in [0.4, 0.5) is 0 Å². The van der Waals surface area contributed by atoms with Gasteiger partial charge in [-0.3, -0.25) is 19.9 Å². The minimum absolute atomic E-state index is 0. The van der Waals surface area contributed by atoms with Gasteiger partial charge in [0.25, 0.3) is 0 Å². The Morgan fingerprint density at radius 2 is 1.90 bits per heavy atom. The van der Waals surface area contributed by atoms with Gasteiger partial charge in [-0.05, 0) is 22.8 Å². The van der Waals surface area contributed by atoms with Crippen molar-refractivity contribution in [3.8, 4) is 0 Å². The lowest BCUT2D eigenvalue weighted by molar-refractivity contribution is -0.128. The number of halogens is 1. The first-order valence-corrected chi connectivity index (χ1v) is 8.72. The molecule has 0 saturated heterocycles. The van der Waals surface area contributed by atoms with Crippen LogP contribution in [0.1, 0.15) is 16.7 Å². The van der Waals surface area contributed by atoms with Crippen LogP contribution < -0.4 is 21.8 Å². The Kier molecular flexibility index (Phi) is 10.9. The lowest BCUT2D eigenvalue weighted by Gasteiger charge is -2.16. The van der Waals surface area contributed by atoms with Crippen LogP contribution in [0.15, 0.2) is 53.9 Å². The Labute approximate surface area is 175 Å². The number of benzene rings is 1. The zero-order valence-electron chi connectivity index (χ0n) is 15.7. The highest BCUT2D eigenvalue weighted by Gasteiger charge is 2.17. The lowest BCUT2D eigenvalue weighted by atomic mass is 10.1. The molecule has 0 aliphatic rings. The first-order valence-electron chi connectivity index (χ1n) is 8.72. The number of hydrogen-bond acceptors (Lipinski definition) is 7. The largest absolute Gasteiger partial charge is 0.394 e. The zero-order chi connectivity index (χ0) is 20.2. The predicted octanol–water partition coefficient (Wildman–Crippen LogP) is -0.321. The summed E-state index contributed by atoms with van der Waals surface area (Å²) in [6.45, 7) is 0.145. The molecule has 0 radical (unpaired) electrons. The maximum absolute atomic E-state index is 12.2. The quantitative estimate of drug-likeness (QED) is 0.202. The molecule has 0 aliphatic carbocycles. The van der Waals surface area contributed by atoms with E-state index in [4.69, 9.17) is 5.84 Å². The number of pyridine rings is 1. The molecule has 1 heterocycles. The molecular weight excluding hydrogens is 396 g/mol. The van der Waals surface area contributed by atoms with Crippen molar-refractivity contribution < 1.29 is 14.7 Å². The second-order valence-electron chi connectivity index (χ2n) is 5.99. The van der Waals surface area contributed by atoms with Gasteiger partial charge in [-0.15, -0.1) is 12.4 Å². The Hall–Kier alpha value is -3.01. The smallest absolute Gasteiger partial charge is 0.239 e. The predicted molar refractivity (Wildman–Crippen MR) is 112 cm³/mol. The summed E-state index contributed by atoms with van der Waals surface area (Å²) in [7, 11) is 0. The van der Waals surface area contributed by atoms with E-state index in [9.17, 15) is 14.7 Å². The third kappa shape index (κ3) is 8.69. The number of nitrogens with zero attached hydrogens (tertiary/aromatic N) is 2. The molecular formula is C19H25ClN6O3. The van der Waals surface area contributed by atoms with Gasteiger partial charge < -0.3 is 21.6 Å². The average molecular weight is 421 g/mol. The third-order valence-electron chi connectivity index (χ3n) is 3.89. The molecule has 0 fully saturated rings. The van der Waals surface area contributed by atoms with Crippen molar-refractivity contribution in [3.63, 3.8) is 0 Å². The van der Waals surface area contributed by atoms with Gasteiger partial charge in [0.15, 0.2) is 0 Å². The fourth-order valence-electron chi connectivity index (χ4n) is 2.35. The van der Waals surface area contributed by atoms with Gasteiger partial charge in [-0.25, -0.2) is 0 Å². The molecule has 0 aliphatic heterocycles. The number of aromatic nitrogens is 1. The number of aliphatic hydroxyl groups excluding tert-OH is 1. The summed E-state index contributed by atoms with van der Waals surface area (Å²) in [4.78, 5) is 28.0. The Morgan fingerprint density at radius 3 is 2.52 bits per heavy atom. The van der Waals surface area contributed by atoms with E-state index in [0.29, 0.717) is 13.1 Å². The van der Waals surface area contributed by atoms with Crippen molar-refractivity contribution in [2.75, 3.05) is 13.2 Å². The summed E-state index contributed by atoms with van der Waals surface area (Å²) < 4.78 is 0. The van der Waals surface area contributed by atoms with E-state index in [0.717, 1.165) is 16.7 Å². The maximum atomic E-state index is 12.2. The topological polar surface area (TPSA) is 142 Å². The molecule has 2 aromatic rings. The van der Waals surface area contributed by atoms with Gasteiger partial charge in [0.1, 0.15) is 6.04 Å². The fraction of sp³-hybridized carbons (Fsp3) is 0.263. The van der Waals surface area contributed by atoms with E-state index >= 15 is 0 Å². The molecule has 1 aromatic carbocycles. The molecule has 0 saturated carbocycles. The van der Waals surface area contributed by atoms with Gasteiger partial charge in [0.2, 0.25) is 11.8 Å². The van der Waals surface area contributed by atoms with E-state index in [1.165, 1.54) is 6.21 Å². The van der Waals surface area contributed by atoms with Crippen LogP contribution in [0.5, 0.6) is 0 Å². The first-order chi connectivity index (χ1) is 13.6. The third-order valence-corrected chi connectivity index (χ3v) is 3.89. The lowest BCUT2D eigenvalue weighted by Crippen LogP contribution is -2.48. The molecule has 9 nitrogen and oxygen atoms in total. The number of hydrazone groups is 1. The van der Waals surface area contributed by atoms with Crippen LogP contribution in [0.2, 0.25) is 0 Å². The Balaban J connectivity index is 0.00000420. The van der Waals surface area contributed by atoms with E-state index in [1.54, 1.807) is 18.5 Å². The summed E-state index contributed by atoms with van der Waals surface area (Å²) in [5.41, 5.74) is 2.65. The summed E-state index contributed by atoms with van der Waals surface area (Å²) in [5, 5.41) is 21.1. The van der Waals surface area contributed by atoms with Crippen LogP contribution >= 0.6 is 12.4 Å². The number of aliphatic hydroxyl groups is 1. The monoisotopic (exact) mass is 420 g/mol. The summed E-state index contributed by atoms with van der Waals surface area (Å²) in [6.07, 6.45) is 4.83. The normalized spacial score (nSPS) is 11.5. The molecule has 6 N–H and O–H groups in total. The number of carbonyl (C=O) groups excluding carboxylic acids is 2. The Bertz CT molecular complexity index is 786. The minimum Gasteiger partial charge on any atom is -0.394 e. The van der Waals surface area contributed by atoms with Crippen LogP contribution in [-0.4, -0.2) is 47.3 Å². The molecule has 156 valence electrons. The van der Waals surface area contributed by atoms with Gasteiger partial charge in [0.05, 0.1) is 19.4 Å². The summed E-state index contributed by atoms with van der Waals surface area (Å²) in [6, 6.07) is 10.2. The zero-order valence-corrected chi connectivity index (χ0v) is 16.6. The second kappa shape index (κ2) is 13.2. The van der Waals surface area contributed by atoms with E-state index in [1.807, 2.05) is 30.3 Å². The minimum atomic E-state index is -0.823. The second-order valence-corrected chi connectivity index (χ2v) is 5.99. The van der Waals surface area contributed by atoms with Gasteiger partial charge in [-0.2, -0.15) is 5.10 Å². The van der Waals surface area contributed by atoms with Crippen LogP contribution in [0.3, 0.4) is 0 Å². The van der Waals surface area contributed by atoms with Gasteiger partial charge >= 0.3 is 0 Å². The van der Waals surface area contributed by atoms with Crippen LogP contribution in [0, 0.1) is 0 Å². The fourth-order valence-corrected chi connectivity index (χ4v) is 2.35. The molecule has 29 heavy (non-hydrogen) atoms. The number of nitrogens with two attached hydrogens (primary N) is 1. The number of rotatable bonds is 10. The molecule has 10 heteroatoms. The highest BCUT2D eigenvalue weighted by Crippen LogP contribution is 2.03. The van der Waals surface area contributed by atoms with Gasteiger partial charge in [-0.1, -0.05) is 30.3 Å². The standard InChI is InChI=1S/C19H24N6O3.ClH/c20-25-11-15-5-3-14(4-6-15)9-22-17(13-26)19(28)24-12-18(27)23-10-16-2-1-7-21-8-16;/h1-8,11,17,22,26H,9-10,12-13,20H2,(H,23,27)(H,24,28);1H. The van der Waals surface area contributed by atoms with Gasteiger partial charge in [0, 0.05) is 25.5 Å². The molecule has 1 atom stereocenters. The molecule has 2 amide bonds. The first kappa shape index (κ1) is 24.0. The molecule has 2 rings (SSSR count). The van der Waals surface area contributed by atoms with E-state index in [2.05, 4.69) is 26.0 Å². The number of hydrogen-bond donors (Lipinski definition) is 5. The van der Waals surface area contributed by atoms with E-state index < -0.39 is 11.9 Å². The van der Waals surface area contributed by atoms with Crippen molar-refractivity contribution in [2.45, 2.75) is 19.1 Å². The van der Waals surface area contributed by atoms with Crippen molar-refractivity contribution in [2.24, 2.45) is 10.9 Å². The molecule has 1 unspecified atom stereocenters. The highest BCUT2D eigenvalue weighted by atomic mass is 35.5. The number of nitrogens with one attached hydrogen (secondary N) is 3. The molecule has 0 bridgehead atoms. The van der Waals surface area contributed by atoms with Crippen molar-refractivity contribution in [1.29, 1.82) is 0 Å². The average Bonchev–Trinajstić information content (AvgIpc) is 2.73. The summed E-state index contributed by atoms with van der Waals surface area (Å²) in [5.74, 6) is 4.32. The van der Waals surface area contributed by atoms with Crippen molar-refractivity contribution >= 4 is 30.4 Å². The molecule has 1 aromatic heterocycles. The summed E-state index contributed by atoms with van der Waals surface area (Å²) >= 11 is 0. The van der Waals surface area contributed by atoms with Crippen molar-refractivity contribution in [3.05, 3.63) is 65.5 Å². The maximum Gasteiger partial charge on any atom is 0.239 e.